The molecule has 5 nitrogen and oxygen atoms in total. The number of rotatable bonds is 1. The quantitative estimate of drug-likeness (QED) is 0.539. The van der Waals surface area contributed by atoms with Crippen LogP contribution in [0.5, 0.6) is 0 Å². The van der Waals surface area contributed by atoms with Crippen LogP contribution in [0.15, 0.2) is 0 Å². The van der Waals surface area contributed by atoms with Gasteiger partial charge in [0.05, 0.1) is 6.10 Å². The smallest absolute Gasteiger partial charge is 0.190 e. The lowest BCUT2D eigenvalue weighted by atomic mass is 9.98. The van der Waals surface area contributed by atoms with E-state index in [0.717, 1.165) is 0 Å². The van der Waals surface area contributed by atoms with Gasteiger partial charge in [-0.15, -0.1) is 0 Å². The second-order valence-corrected chi connectivity index (χ2v) is 5.01. The third-order valence-corrected chi connectivity index (χ3v) is 4.19. The van der Waals surface area contributed by atoms with Crippen LogP contribution in [0.25, 0.3) is 0 Å². The predicted octanol–water partition coefficient (Wildman–Crippen LogP) is -0.760. The van der Waals surface area contributed by atoms with Gasteiger partial charge in [0.15, 0.2) is 11.9 Å². The Hall–Kier alpha value is -0.200. The van der Waals surface area contributed by atoms with Crippen LogP contribution in [0.2, 0.25) is 0 Å². The summed E-state index contributed by atoms with van der Waals surface area (Å²) in [4.78, 5) is 0. The second kappa shape index (κ2) is 2.73. The third-order valence-electron chi connectivity index (χ3n) is 4.19. The molecule has 5 heteroatoms. The van der Waals surface area contributed by atoms with E-state index in [1.165, 1.54) is 7.11 Å². The van der Waals surface area contributed by atoms with E-state index < -0.39 is 35.1 Å². The zero-order valence-corrected chi connectivity index (χ0v) is 9.39. The largest absolute Gasteiger partial charge is 0.387 e. The van der Waals surface area contributed by atoms with Gasteiger partial charge in [0.2, 0.25) is 0 Å². The summed E-state index contributed by atoms with van der Waals surface area (Å²) in [5, 5.41) is 30.5. The fourth-order valence-electron chi connectivity index (χ4n) is 2.90. The molecule has 2 rings (SSSR count). The Morgan fingerprint density at radius 2 is 1.73 bits per heavy atom. The third kappa shape index (κ3) is 0.877. The molecule has 1 saturated carbocycles. The number of hydrogen-bond acceptors (Lipinski definition) is 5. The van der Waals surface area contributed by atoms with Crippen LogP contribution in [0, 0.1) is 5.41 Å². The average molecular weight is 218 g/mol. The summed E-state index contributed by atoms with van der Waals surface area (Å²) in [6, 6.07) is 0. The highest BCUT2D eigenvalue weighted by atomic mass is 16.7. The molecule has 0 aromatic rings. The van der Waals surface area contributed by atoms with Crippen LogP contribution in [-0.4, -0.2) is 52.1 Å². The van der Waals surface area contributed by atoms with Crippen molar-refractivity contribution in [1.29, 1.82) is 0 Å². The van der Waals surface area contributed by atoms with E-state index >= 15 is 0 Å². The summed E-state index contributed by atoms with van der Waals surface area (Å²) < 4.78 is 10.3. The standard InChI is InChI=1S/C10H18O5/c1-5-6(11)9(12)8(2,3)10(9,13)7(14-4)15-5/h5-7,11-13H,1-4H3/t5-,6-,7+,9-,10+/m1/s1. The summed E-state index contributed by atoms with van der Waals surface area (Å²) in [6.45, 7) is 5.01. The fourth-order valence-corrected chi connectivity index (χ4v) is 2.90. The average Bonchev–Trinajstić information content (AvgIpc) is 2.54. The summed E-state index contributed by atoms with van der Waals surface area (Å²) in [6.07, 6.45) is -2.58. The lowest BCUT2D eigenvalue weighted by Crippen LogP contribution is -2.57. The van der Waals surface area contributed by atoms with Crippen molar-refractivity contribution >= 4 is 0 Å². The van der Waals surface area contributed by atoms with Crippen LogP contribution in [0.1, 0.15) is 20.8 Å². The Labute approximate surface area is 88.6 Å². The molecule has 0 aromatic heterocycles. The van der Waals surface area contributed by atoms with E-state index in [-0.39, 0.29) is 0 Å². The first kappa shape index (κ1) is 11.3. The first-order valence-electron chi connectivity index (χ1n) is 5.06. The van der Waals surface area contributed by atoms with Gasteiger partial charge in [-0.3, -0.25) is 0 Å². The highest BCUT2D eigenvalue weighted by molar-refractivity contribution is 5.37. The highest BCUT2D eigenvalue weighted by Gasteiger charge is 2.90. The molecule has 5 atom stereocenters. The Bertz CT molecular complexity index is 282. The highest BCUT2D eigenvalue weighted by Crippen LogP contribution is 2.70. The minimum Gasteiger partial charge on any atom is -0.387 e. The molecule has 3 N–H and O–H groups in total. The molecule has 1 saturated heterocycles. The van der Waals surface area contributed by atoms with Crippen molar-refractivity contribution < 1.29 is 24.8 Å². The lowest BCUT2D eigenvalue weighted by Gasteiger charge is -2.37. The van der Waals surface area contributed by atoms with E-state index in [1.54, 1.807) is 20.8 Å². The normalized spacial score (nSPS) is 57.4. The van der Waals surface area contributed by atoms with Gasteiger partial charge in [-0.25, -0.2) is 0 Å². The van der Waals surface area contributed by atoms with Crippen LogP contribution in [0.3, 0.4) is 0 Å². The molecule has 15 heavy (non-hydrogen) atoms. The van der Waals surface area contributed by atoms with Crippen molar-refractivity contribution in [2.24, 2.45) is 5.41 Å². The van der Waals surface area contributed by atoms with Crippen molar-refractivity contribution in [3.8, 4) is 0 Å². The van der Waals surface area contributed by atoms with Gasteiger partial charge >= 0.3 is 0 Å². The first-order chi connectivity index (χ1) is 6.75. The maximum absolute atomic E-state index is 10.3. The summed E-state index contributed by atoms with van der Waals surface area (Å²) in [5.74, 6) is 0. The molecule has 0 spiro atoms. The van der Waals surface area contributed by atoms with Crippen LogP contribution < -0.4 is 0 Å². The van der Waals surface area contributed by atoms with E-state index in [0.29, 0.717) is 0 Å². The second-order valence-electron chi connectivity index (χ2n) is 5.01. The van der Waals surface area contributed by atoms with Gasteiger partial charge in [-0.2, -0.15) is 0 Å². The molecule has 88 valence electrons. The maximum Gasteiger partial charge on any atom is 0.190 e. The zero-order valence-electron chi connectivity index (χ0n) is 9.39. The van der Waals surface area contributed by atoms with Crippen molar-refractivity contribution in [1.82, 2.24) is 0 Å². The van der Waals surface area contributed by atoms with Gasteiger partial charge in [-0.05, 0) is 6.92 Å². The molecule has 0 unspecified atom stereocenters. The van der Waals surface area contributed by atoms with Gasteiger partial charge in [0.25, 0.3) is 0 Å². The molecular formula is C10H18O5. The lowest BCUT2D eigenvalue weighted by molar-refractivity contribution is -0.287. The van der Waals surface area contributed by atoms with Gasteiger partial charge in [-0.1, -0.05) is 13.8 Å². The van der Waals surface area contributed by atoms with Crippen molar-refractivity contribution in [2.45, 2.75) is 50.5 Å². The molecule has 1 heterocycles. The van der Waals surface area contributed by atoms with E-state index in [2.05, 4.69) is 0 Å². The van der Waals surface area contributed by atoms with Crippen LogP contribution in [0.4, 0.5) is 0 Å². The molecular weight excluding hydrogens is 200 g/mol. The molecule has 0 amide bonds. The molecule has 0 bridgehead atoms. The zero-order chi connectivity index (χ0) is 11.6. The Balaban J connectivity index is 2.43. The number of ether oxygens (including phenoxy) is 2. The summed E-state index contributed by atoms with van der Waals surface area (Å²) in [5.41, 5.74) is -3.94. The van der Waals surface area contributed by atoms with Crippen molar-refractivity contribution in [3.05, 3.63) is 0 Å². The summed E-state index contributed by atoms with van der Waals surface area (Å²) in [7, 11) is 1.40. The topological polar surface area (TPSA) is 79.2 Å². The molecule has 0 radical (unpaired) electrons. The fraction of sp³-hybridized carbons (Fsp3) is 1.00. The van der Waals surface area contributed by atoms with Gasteiger partial charge < -0.3 is 24.8 Å². The van der Waals surface area contributed by atoms with E-state index in [9.17, 15) is 15.3 Å². The molecule has 2 fully saturated rings. The van der Waals surface area contributed by atoms with Crippen molar-refractivity contribution in [2.75, 3.05) is 7.11 Å². The number of methoxy groups -OCH3 is 1. The Kier molecular flexibility index (Phi) is 2.05. The molecule has 1 aliphatic heterocycles. The first-order valence-corrected chi connectivity index (χ1v) is 5.06. The van der Waals surface area contributed by atoms with E-state index in [4.69, 9.17) is 9.47 Å². The van der Waals surface area contributed by atoms with E-state index in [1.807, 2.05) is 0 Å². The Morgan fingerprint density at radius 1 is 1.20 bits per heavy atom. The molecule has 2 aliphatic rings. The predicted molar refractivity (Wildman–Crippen MR) is 51.0 cm³/mol. The van der Waals surface area contributed by atoms with Gasteiger partial charge in [0.1, 0.15) is 11.7 Å². The van der Waals surface area contributed by atoms with Gasteiger partial charge in [0, 0.05) is 12.5 Å². The van der Waals surface area contributed by atoms with Crippen LogP contribution >= 0.6 is 0 Å². The van der Waals surface area contributed by atoms with Crippen molar-refractivity contribution in [3.63, 3.8) is 0 Å². The summed E-state index contributed by atoms with van der Waals surface area (Å²) >= 11 is 0. The number of aliphatic hydroxyl groups is 3. The Morgan fingerprint density at radius 3 is 2.20 bits per heavy atom. The SMILES string of the molecule is CO[C@H]1O[C@H](C)[C@@H](O)[C@@]2(O)C(C)(C)[C@@]12O. The van der Waals surface area contributed by atoms with Crippen LogP contribution in [-0.2, 0) is 9.47 Å². The number of hydrogen-bond donors (Lipinski definition) is 3. The molecule has 1 aliphatic carbocycles. The minimum absolute atomic E-state index is 0.568. The number of fused-ring (bicyclic) bond motifs is 1. The minimum atomic E-state index is -1.56. The number of aliphatic hydroxyl groups excluding tert-OH is 1. The monoisotopic (exact) mass is 218 g/mol. The molecule has 0 aromatic carbocycles. The maximum atomic E-state index is 10.3.